The van der Waals surface area contributed by atoms with Crippen LogP contribution >= 0.6 is 11.6 Å². The van der Waals surface area contributed by atoms with Gasteiger partial charge in [0.25, 0.3) is 5.91 Å². The molecule has 4 aliphatic carbocycles. The van der Waals surface area contributed by atoms with Crippen LogP contribution in [-0.4, -0.2) is 71.0 Å². The van der Waals surface area contributed by atoms with Gasteiger partial charge in [0.2, 0.25) is 0 Å². The summed E-state index contributed by atoms with van der Waals surface area (Å²) in [5.74, 6) is 1.25. The second kappa shape index (κ2) is 10.2. The van der Waals surface area contributed by atoms with Gasteiger partial charge >= 0.3 is 5.97 Å². The first kappa shape index (κ1) is 26.2. The molecule has 4 saturated carbocycles. The fraction of sp³-hybridized carbons (Fsp3) is 0.552. The number of hydrogen-bond acceptors (Lipinski definition) is 7. The lowest BCUT2D eigenvalue weighted by Crippen LogP contribution is -2.61. The summed E-state index contributed by atoms with van der Waals surface area (Å²) in [6, 6.07) is 11.3. The van der Waals surface area contributed by atoms with Gasteiger partial charge < -0.3 is 30.1 Å². The van der Waals surface area contributed by atoms with Crippen molar-refractivity contribution in [3.8, 4) is 5.75 Å². The molecule has 5 fully saturated rings. The van der Waals surface area contributed by atoms with E-state index in [0.29, 0.717) is 34.2 Å². The standard InChI is InChI=1S/C29H35ClN4O5/c1-17-15-33(21-5-6-24(22(30)11-21)39-16-26(35)36)7-8-34(17)25-4-2-3-23(31-25)28(37)32-27-19-9-18-10-20(27)14-29(38,12-18)13-19/h2-6,11,17-20,27,38H,7-10,12-16H2,1H3,(H,32,37)(H,35,36)/t17-,18?,19?,20?,27?,29?/m1/s1. The largest absolute Gasteiger partial charge is 0.480 e. The normalized spacial score (nSPS) is 31.3. The van der Waals surface area contributed by atoms with Gasteiger partial charge in [-0.05, 0) is 87.1 Å². The molecule has 7 rings (SSSR count). The molecule has 208 valence electrons. The Hall–Kier alpha value is -3.04. The molecule has 1 amide bonds. The van der Waals surface area contributed by atoms with Crippen molar-refractivity contribution in [3.63, 3.8) is 0 Å². The number of carboxylic acid groups (broad SMARTS) is 1. The number of amides is 1. The van der Waals surface area contributed by atoms with E-state index < -0.39 is 18.2 Å². The van der Waals surface area contributed by atoms with Crippen LogP contribution in [0.3, 0.4) is 0 Å². The Morgan fingerprint density at radius 3 is 2.59 bits per heavy atom. The van der Waals surface area contributed by atoms with E-state index in [2.05, 4.69) is 22.0 Å². The summed E-state index contributed by atoms with van der Waals surface area (Å²) in [5, 5.41) is 23.4. The highest BCUT2D eigenvalue weighted by atomic mass is 35.5. The van der Waals surface area contributed by atoms with Gasteiger partial charge in [0.1, 0.15) is 17.3 Å². The maximum Gasteiger partial charge on any atom is 0.341 e. The topological polar surface area (TPSA) is 115 Å². The molecule has 2 unspecified atom stereocenters. The molecule has 1 aromatic carbocycles. The monoisotopic (exact) mass is 554 g/mol. The molecular weight excluding hydrogens is 520 g/mol. The molecule has 10 heteroatoms. The van der Waals surface area contributed by atoms with Gasteiger partial charge in [-0.15, -0.1) is 0 Å². The first-order valence-corrected chi connectivity index (χ1v) is 14.2. The zero-order valence-corrected chi connectivity index (χ0v) is 22.8. The summed E-state index contributed by atoms with van der Waals surface area (Å²) in [5.41, 5.74) is 0.851. The number of hydrogen-bond donors (Lipinski definition) is 3. The number of carboxylic acids is 1. The number of piperazine rings is 1. The lowest BCUT2D eigenvalue weighted by atomic mass is 9.52. The summed E-state index contributed by atoms with van der Waals surface area (Å²) >= 11 is 6.34. The SMILES string of the molecule is C[C@@H]1CN(c2ccc(OCC(=O)O)c(Cl)c2)CCN1c1cccc(C(=O)NC2C3CC4CC2CC(O)(C4)C3)n1. The van der Waals surface area contributed by atoms with Crippen molar-refractivity contribution in [1.29, 1.82) is 0 Å². The Morgan fingerprint density at radius 2 is 1.92 bits per heavy atom. The number of ether oxygens (including phenoxy) is 1. The number of halogens is 1. The van der Waals surface area contributed by atoms with Gasteiger partial charge in [-0.25, -0.2) is 9.78 Å². The van der Waals surface area contributed by atoms with E-state index in [9.17, 15) is 14.7 Å². The number of benzene rings is 1. The first-order valence-electron chi connectivity index (χ1n) is 13.8. The second-order valence-electron chi connectivity index (χ2n) is 11.9. The molecule has 1 aromatic heterocycles. The van der Waals surface area contributed by atoms with E-state index in [1.54, 1.807) is 18.2 Å². The maximum absolute atomic E-state index is 13.3. The quantitative estimate of drug-likeness (QED) is 0.476. The Kier molecular flexibility index (Phi) is 6.83. The van der Waals surface area contributed by atoms with E-state index in [1.807, 2.05) is 18.2 Å². The summed E-state index contributed by atoms with van der Waals surface area (Å²) in [6.45, 7) is 3.89. The van der Waals surface area contributed by atoms with Crippen molar-refractivity contribution < 1.29 is 24.5 Å². The molecule has 0 spiro atoms. The van der Waals surface area contributed by atoms with Crippen molar-refractivity contribution in [2.75, 3.05) is 36.0 Å². The van der Waals surface area contributed by atoms with Crippen LogP contribution in [0.2, 0.25) is 5.02 Å². The molecule has 0 radical (unpaired) electrons. The number of nitrogens with one attached hydrogen (secondary N) is 1. The molecule has 9 nitrogen and oxygen atoms in total. The molecule has 2 aromatic rings. The number of nitrogens with zero attached hydrogens (tertiary/aromatic N) is 3. The molecule has 4 bridgehead atoms. The van der Waals surface area contributed by atoms with Gasteiger partial charge in [-0.2, -0.15) is 0 Å². The lowest BCUT2D eigenvalue weighted by Gasteiger charge is -2.58. The van der Waals surface area contributed by atoms with E-state index in [4.69, 9.17) is 26.4 Å². The highest BCUT2D eigenvalue weighted by Gasteiger charge is 2.55. The summed E-state index contributed by atoms with van der Waals surface area (Å²) in [7, 11) is 0. The van der Waals surface area contributed by atoms with Crippen LogP contribution in [0.15, 0.2) is 36.4 Å². The van der Waals surface area contributed by atoms with E-state index in [1.165, 1.54) is 0 Å². The van der Waals surface area contributed by atoms with E-state index in [-0.39, 0.29) is 18.0 Å². The highest BCUT2D eigenvalue weighted by Crippen LogP contribution is 2.55. The second-order valence-corrected chi connectivity index (χ2v) is 12.3. The summed E-state index contributed by atoms with van der Waals surface area (Å²) < 4.78 is 5.24. The van der Waals surface area contributed by atoms with Crippen LogP contribution < -0.4 is 19.9 Å². The minimum Gasteiger partial charge on any atom is -0.480 e. The van der Waals surface area contributed by atoms with Crippen molar-refractivity contribution >= 4 is 35.0 Å². The molecule has 39 heavy (non-hydrogen) atoms. The molecule has 3 N–H and O–H groups in total. The van der Waals surface area contributed by atoms with Crippen LogP contribution in [0.1, 0.15) is 49.5 Å². The van der Waals surface area contributed by atoms with Crippen LogP contribution in [0, 0.1) is 17.8 Å². The van der Waals surface area contributed by atoms with Crippen LogP contribution in [0.25, 0.3) is 0 Å². The van der Waals surface area contributed by atoms with Crippen molar-refractivity contribution in [1.82, 2.24) is 10.3 Å². The van der Waals surface area contributed by atoms with E-state index in [0.717, 1.165) is 63.2 Å². The Balaban J connectivity index is 1.09. The van der Waals surface area contributed by atoms with Gasteiger partial charge in [-0.1, -0.05) is 17.7 Å². The number of carbonyl (C=O) groups is 2. The maximum atomic E-state index is 13.3. The number of aliphatic hydroxyl groups is 1. The van der Waals surface area contributed by atoms with Crippen molar-refractivity contribution in [2.45, 2.75) is 56.7 Å². The van der Waals surface area contributed by atoms with Crippen LogP contribution in [0.5, 0.6) is 5.75 Å². The third kappa shape index (κ3) is 5.26. The Labute approximate surface area is 233 Å². The fourth-order valence-electron chi connectivity index (χ4n) is 7.63. The predicted molar refractivity (Wildman–Crippen MR) is 148 cm³/mol. The number of pyridine rings is 1. The number of aromatic nitrogens is 1. The number of rotatable bonds is 7. The lowest BCUT2D eigenvalue weighted by molar-refractivity contribution is -0.139. The zero-order chi connectivity index (χ0) is 27.3. The molecule has 3 atom stereocenters. The minimum absolute atomic E-state index is 0.120. The Bertz CT molecular complexity index is 1260. The Morgan fingerprint density at radius 1 is 1.15 bits per heavy atom. The number of carbonyl (C=O) groups excluding carboxylic acids is 1. The molecular formula is C29H35ClN4O5. The van der Waals surface area contributed by atoms with Crippen LogP contribution in [0.4, 0.5) is 11.5 Å². The first-order chi connectivity index (χ1) is 18.7. The third-order valence-corrected chi connectivity index (χ3v) is 9.35. The average Bonchev–Trinajstić information content (AvgIpc) is 2.89. The van der Waals surface area contributed by atoms with Crippen LogP contribution in [-0.2, 0) is 4.79 Å². The predicted octanol–water partition coefficient (Wildman–Crippen LogP) is 3.58. The molecule has 2 heterocycles. The highest BCUT2D eigenvalue weighted by molar-refractivity contribution is 6.32. The third-order valence-electron chi connectivity index (χ3n) is 9.06. The average molecular weight is 555 g/mol. The van der Waals surface area contributed by atoms with E-state index >= 15 is 0 Å². The number of anilines is 2. The van der Waals surface area contributed by atoms with Gasteiger partial charge in [0.05, 0.1) is 10.6 Å². The molecule has 5 aliphatic rings. The fourth-order valence-corrected chi connectivity index (χ4v) is 7.86. The van der Waals surface area contributed by atoms with Crippen molar-refractivity contribution in [3.05, 3.63) is 47.1 Å². The molecule has 1 saturated heterocycles. The zero-order valence-electron chi connectivity index (χ0n) is 22.1. The van der Waals surface area contributed by atoms with Gasteiger partial charge in [0, 0.05) is 37.4 Å². The summed E-state index contributed by atoms with van der Waals surface area (Å²) in [6.07, 6.45) is 4.72. The minimum atomic E-state index is -1.05. The smallest absolute Gasteiger partial charge is 0.341 e. The molecule has 1 aliphatic heterocycles. The van der Waals surface area contributed by atoms with Gasteiger partial charge in [-0.3, -0.25) is 4.79 Å². The number of aliphatic carboxylic acids is 1. The summed E-state index contributed by atoms with van der Waals surface area (Å²) in [4.78, 5) is 33.3. The van der Waals surface area contributed by atoms with Gasteiger partial charge in [0.15, 0.2) is 6.61 Å². The van der Waals surface area contributed by atoms with Crippen molar-refractivity contribution in [2.24, 2.45) is 17.8 Å².